The van der Waals surface area contributed by atoms with Crippen LogP contribution in [-0.2, 0) is 20.8 Å². The summed E-state index contributed by atoms with van der Waals surface area (Å²) in [4.78, 5) is 17.2. The van der Waals surface area contributed by atoms with Crippen molar-refractivity contribution in [3.63, 3.8) is 0 Å². The van der Waals surface area contributed by atoms with E-state index in [2.05, 4.69) is 15.9 Å². The second kappa shape index (κ2) is 9.17. The first-order valence-electron chi connectivity index (χ1n) is 9.51. The van der Waals surface area contributed by atoms with Crippen molar-refractivity contribution in [2.75, 3.05) is 43.5 Å². The van der Waals surface area contributed by atoms with E-state index in [0.717, 1.165) is 51.4 Å². The first kappa shape index (κ1) is 21.9. The summed E-state index contributed by atoms with van der Waals surface area (Å²) in [5.74, 6) is -0.119. The van der Waals surface area contributed by atoms with Gasteiger partial charge in [0.25, 0.3) is 0 Å². The summed E-state index contributed by atoms with van der Waals surface area (Å²) in [6.45, 7) is 10.6. The maximum atomic E-state index is 12.6. The van der Waals surface area contributed by atoms with Crippen molar-refractivity contribution in [2.24, 2.45) is 0 Å². The van der Waals surface area contributed by atoms with Gasteiger partial charge in [0.05, 0.1) is 13.2 Å². The monoisotopic (exact) mass is 395 g/mol. The van der Waals surface area contributed by atoms with Gasteiger partial charge in [-0.05, 0) is 63.9 Å². The first-order chi connectivity index (χ1) is 12.3. The van der Waals surface area contributed by atoms with E-state index < -0.39 is 5.60 Å². The van der Waals surface area contributed by atoms with E-state index in [0.29, 0.717) is 6.54 Å². The van der Waals surface area contributed by atoms with Gasteiger partial charge in [-0.2, -0.15) is 13.5 Å². The van der Waals surface area contributed by atoms with Crippen LogP contribution in [0.4, 0.5) is 11.4 Å². The van der Waals surface area contributed by atoms with Crippen LogP contribution < -0.4 is 10.6 Å². The normalized spacial score (nSPS) is 21.0. The average Bonchev–Trinajstić information content (AvgIpc) is 3.02. The van der Waals surface area contributed by atoms with E-state index in [4.69, 9.17) is 15.2 Å². The summed E-state index contributed by atoms with van der Waals surface area (Å²) < 4.78 is 11.1. The maximum absolute atomic E-state index is 12.6. The predicted octanol–water partition coefficient (Wildman–Crippen LogP) is 2.52. The number of hydrogen-bond acceptors (Lipinski definition) is 6. The summed E-state index contributed by atoms with van der Waals surface area (Å²) in [6.07, 6.45) is 1.86. The molecule has 0 spiro atoms. The standard InChI is InChI=1S/C20H31N3O3.H2S/c1-20(2,3)26-19(24)18-5-4-8-23(18)14-15-13-16(21)6-7-17(15)22-9-11-25-12-10-22;/h6-7,13,18H,4-5,8-12,14,21H2,1-3H3;1H2. The SMILES string of the molecule is CC(C)(C)OC(=O)C1CCCN1Cc1cc(N)ccc1N1CCOCC1.S. The molecule has 0 radical (unpaired) electrons. The van der Waals surface area contributed by atoms with Gasteiger partial charge in [0.2, 0.25) is 0 Å². The summed E-state index contributed by atoms with van der Waals surface area (Å²) >= 11 is 0. The summed E-state index contributed by atoms with van der Waals surface area (Å²) in [7, 11) is 0. The zero-order valence-electron chi connectivity index (χ0n) is 16.7. The van der Waals surface area contributed by atoms with Crippen LogP contribution in [0, 0.1) is 0 Å². The van der Waals surface area contributed by atoms with Gasteiger partial charge in [-0.25, -0.2) is 0 Å². The molecular weight excluding hydrogens is 362 g/mol. The Balaban J connectivity index is 0.00000261. The number of nitrogens with zero attached hydrogens (tertiary/aromatic N) is 2. The fraction of sp³-hybridized carbons (Fsp3) is 0.650. The number of morpholine rings is 1. The van der Waals surface area contributed by atoms with Gasteiger partial charge in [0, 0.05) is 31.0 Å². The van der Waals surface area contributed by atoms with Crippen molar-refractivity contribution in [2.45, 2.75) is 51.8 Å². The van der Waals surface area contributed by atoms with E-state index in [1.165, 1.54) is 11.3 Å². The van der Waals surface area contributed by atoms with Gasteiger partial charge in [0.15, 0.2) is 0 Å². The van der Waals surface area contributed by atoms with E-state index in [1.807, 2.05) is 32.9 Å². The van der Waals surface area contributed by atoms with Crippen LogP contribution in [0.3, 0.4) is 0 Å². The summed E-state index contributed by atoms with van der Waals surface area (Å²) in [5, 5.41) is 0. The maximum Gasteiger partial charge on any atom is 0.323 e. The molecule has 1 unspecified atom stereocenters. The first-order valence-corrected chi connectivity index (χ1v) is 9.51. The lowest BCUT2D eigenvalue weighted by Gasteiger charge is -2.32. The molecule has 0 bridgehead atoms. The minimum atomic E-state index is -0.457. The molecule has 27 heavy (non-hydrogen) atoms. The van der Waals surface area contributed by atoms with Crippen molar-refractivity contribution in [3.05, 3.63) is 23.8 Å². The lowest BCUT2D eigenvalue weighted by molar-refractivity contribution is -0.160. The molecule has 1 atom stereocenters. The highest BCUT2D eigenvalue weighted by molar-refractivity contribution is 7.59. The van der Waals surface area contributed by atoms with Crippen molar-refractivity contribution in [1.82, 2.24) is 4.90 Å². The number of rotatable bonds is 4. The van der Waals surface area contributed by atoms with Gasteiger partial charge in [-0.3, -0.25) is 9.69 Å². The smallest absolute Gasteiger partial charge is 0.323 e. The topological polar surface area (TPSA) is 68.0 Å². The minimum Gasteiger partial charge on any atom is -0.459 e. The Bertz CT molecular complexity index is 642. The van der Waals surface area contributed by atoms with Crippen LogP contribution in [0.2, 0.25) is 0 Å². The molecule has 2 saturated heterocycles. The van der Waals surface area contributed by atoms with E-state index in [-0.39, 0.29) is 25.5 Å². The fourth-order valence-electron chi connectivity index (χ4n) is 3.72. The molecule has 152 valence electrons. The Morgan fingerprint density at radius 2 is 1.96 bits per heavy atom. The second-order valence-corrected chi connectivity index (χ2v) is 8.15. The Hall–Kier alpha value is -1.44. The van der Waals surface area contributed by atoms with Crippen molar-refractivity contribution in [1.29, 1.82) is 0 Å². The van der Waals surface area contributed by atoms with Crippen LogP contribution >= 0.6 is 13.5 Å². The molecule has 0 saturated carbocycles. The van der Waals surface area contributed by atoms with Gasteiger partial charge < -0.3 is 20.1 Å². The highest BCUT2D eigenvalue weighted by atomic mass is 32.1. The van der Waals surface area contributed by atoms with E-state index >= 15 is 0 Å². The second-order valence-electron chi connectivity index (χ2n) is 8.15. The highest BCUT2D eigenvalue weighted by Crippen LogP contribution is 2.29. The van der Waals surface area contributed by atoms with E-state index in [9.17, 15) is 4.79 Å². The van der Waals surface area contributed by atoms with Gasteiger partial charge in [0.1, 0.15) is 11.6 Å². The van der Waals surface area contributed by atoms with Crippen molar-refractivity contribution >= 4 is 30.8 Å². The number of carbonyl (C=O) groups excluding carboxylic acids is 1. The molecule has 1 aromatic rings. The number of benzene rings is 1. The zero-order chi connectivity index (χ0) is 18.7. The molecule has 2 N–H and O–H groups in total. The molecule has 1 aromatic carbocycles. The molecule has 0 aromatic heterocycles. The Morgan fingerprint density at radius 1 is 1.26 bits per heavy atom. The zero-order valence-corrected chi connectivity index (χ0v) is 17.7. The van der Waals surface area contributed by atoms with Crippen molar-refractivity contribution in [3.8, 4) is 0 Å². The predicted molar refractivity (Wildman–Crippen MR) is 114 cm³/mol. The minimum absolute atomic E-state index is 0. The molecule has 6 nitrogen and oxygen atoms in total. The summed E-state index contributed by atoms with van der Waals surface area (Å²) in [5.41, 5.74) is 8.71. The number of esters is 1. The number of nitrogen functional groups attached to an aromatic ring is 1. The van der Waals surface area contributed by atoms with Crippen LogP contribution in [0.15, 0.2) is 18.2 Å². The Labute approximate surface area is 169 Å². The molecule has 2 aliphatic rings. The number of ether oxygens (including phenoxy) is 2. The molecule has 0 aliphatic carbocycles. The van der Waals surface area contributed by atoms with Crippen LogP contribution in [0.25, 0.3) is 0 Å². The number of likely N-dealkylation sites (tertiary alicyclic amines) is 1. The Kier molecular flexibility index (Phi) is 7.42. The van der Waals surface area contributed by atoms with Gasteiger partial charge >= 0.3 is 5.97 Å². The quantitative estimate of drug-likeness (QED) is 0.624. The lowest BCUT2D eigenvalue weighted by atomic mass is 10.1. The molecule has 7 heteroatoms. The highest BCUT2D eigenvalue weighted by Gasteiger charge is 2.34. The van der Waals surface area contributed by atoms with Crippen LogP contribution in [-0.4, -0.2) is 55.4 Å². The molecule has 2 fully saturated rings. The molecule has 0 amide bonds. The van der Waals surface area contributed by atoms with Crippen LogP contribution in [0.1, 0.15) is 39.2 Å². The number of nitrogens with two attached hydrogens (primary N) is 1. The van der Waals surface area contributed by atoms with Crippen LogP contribution in [0.5, 0.6) is 0 Å². The van der Waals surface area contributed by atoms with Crippen molar-refractivity contribution < 1.29 is 14.3 Å². The molecule has 3 rings (SSSR count). The number of hydrogen-bond donors (Lipinski definition) is 1. The van der Waals surface area contributed by atoms with E-state index in [1.54, 1.807) is 0 Å². The van der Waals surface area contributed by atoms with Gasteiger partial charge in [-0.15, -0.1) is 0 Å². The third kappa shape index (κ3) is 5.77. The molecule has 2 heterocycles. The fourth-order valence-corrected chi connectivity index (χ4v) is 3.72. The lowest BCUT2D eigenvalue weighted by Crippen LogP contribution is -2.41. The third-order valence-electron chi connectivity index (χ3n) is 4.87. The largest absolute Gasteiger partial charge is 0.459 e. The molecule has 2 aliphatic heterocycles. The van der Waals surface area contributed by atoms with Gasteiger partial charge in [-0.1, -0.05) is 0 Å². The molecular formula is C20H33N3O3S. The summed E-state index contributed by atoms with van der Waals surface area (Å²) in [6, 6.07) is 5.90. The average molecular weight is 396 g/mol. The number of anilines is 2. The Morgan fingerprint density at radius 3 is 2.63 bits per heavy atom. The number of carbonyl (C=O) groups is 1. The third-order valence-corrected chi connectivity index (χ3v) is 4.87.